The van der Waals surface area contributed by atoms with Crippen molar-refractivity contribution in [1.29, 1.82) is 0 Å². The number of benzene rings is 2. The van der Waals surface area contributed by atoms with E-state index >= 15 is 0 Å². The monoisotopic (exact) mass is 587 g/mol. The van der Waals surface area contributed by atoms with Crippen molar-refractivity contribution >= 4 is 17.5 Å². The third-order valence-electron chi connectivity index (χ3n) is 9.61. The van der Waals surface area contributed by atoms with Crippen molar-refractivity contribution in [1.82, 2.24) is 10.2 Å². The molecule has 1 heterocycles. The maximum Gasteiger partial charge on any atom is 0.416 e. The summed E-state index contributed by atoms with van der Waals surface area (Å²) >= 11 is 0. The van der Waals surface area contributed by atoms with Crippen LogP contribution in [-0.2, 0) is 11.0 Å². The molecule has 2 saturated carbocycles. The molecule has 1 saturated heterocycles. The van der Waals surface area contributed by atoms with E-state index in [0.29, 0.717) is 37.0 Å². The van der Waals surface area contributed by atoms with Gasteiger partial charge in [0.05, 0.1) is 17.0 Å². The Balaban J connectivity index is 1.40. The fourth-order valence-corrected chi connectivity index (χ4v) is 7.46. The highest BCUT2D eigenvalue weighted by molar-refractivity contribution is 5.98. The summed E-state index contributed by atoms with van der Waals surface area (Å²) in [5, 5.41) is 6.54. The Morgan fingerprint density at radius 1 is 0.857 bits per heavy atom. The van der Waals surface area contributed by atoms with Gasteiger partial charge in [0, 0.05) is 30.4 Å². The van der Waals surface area contributed by atoms with Crippen LogP contribution in [0.2, 0.25) is 0 Å². The predicted molar refractivity (Wildman–Crippen MR) is 155 cm³/mol. The first-order chi connectivity index (χ1) is 20.0. The van der Waals surface area contributed by atoms with Gasteiger partial charge in [0.1, 0.15) is 5.82 Å². The summed E-state index contributed by atoms with van der Waals surface area (Å²) in [5.74, 6) is -1.99. The Bertz CT molecular complexity index is 1260. The molecule has 0 unspecified atom stereocenters. The Morgan fingerprint density at radius 2 is 1.55 bits per heavy atom. The second kappa shape index (κ2) is 12.7. The second-order valence-electron chi connectivity index (χ2n) is 12.4. The lowest BCUT2D eigenvalue weighted by molar-refractivity contribution is -0.138. The molecule has 2 aromatic rings. The lowest BCUT2D eigenvalue weighted by Crippen LogP contribution is -2.56. The minimum Gasteiger partial charge on any atom is -0.334 e. The standard InChI is InChI=1S/C33H41F4N3O2/c1-20-12-15-25(19-27(20)33(35,36)37)39-31(41)26-10-6-18-40(32(42)29-21(2)7-5-11-28(29)34)30(26)22-13-16-24(17-14-22)38-23-8-3-4-9-23/h5,7,11-12,15,19,22-24,26,30,38H,3-4,6,8-10,13-14,16-18H2,1-2H3,(H,39,41)/t22?,24?,26-,30-/m0/s1. The second-order valence-corrected chi connectivity index (χ2v) is 12.4. The highest BCUT2D eigenvalue weighted by Gasteiger charge is 2.45. The number of rotatable bonds is 6. The van der Waals surface area contributed by atoms with Crippen LogP contribution >= 0.6 is 0 Å². The minimum atomic E-state index is -4.54. The van der Waals surface area contributed by atoms with Crippen molar-refractivity contribution in [2.75, 3.05) is 11.9 Å². The average molecular weight is 588 g/mol. The molecule has 0 aromatic heterocycles. The van der Waals surface area contributed by atoms with Crippen molar-refractivity contribution in [3.8, 4) is 0 Å². The van der Waals surface area contributed by atoms with E-state index in [2.05, 4.69) is 10.6 Å². The van der Waals surface area contributed by atoms with Gasteiger partial charge in [-0.3, -0.25) is 9.59 Å². The number of nitrogens with zero attached hydrogens (tertiary/aromatic N) is 1. The number of alkyl halides is 3. The molecule has 2 amide bonds. The number of piperidine rings is 1. The zero-order valence-corrected chi connectivity index (χ0v) is 24.4. The van der Waals surface area contributed by atoms with Crippen molar-refractivity contribution < 1.29 is 27.2 Å². The van der Waals surface area contributed by atoms with Gasteiger partial charge >= 0.3 is 6.18 Å². The molecular weight excluding hydrogens is 546 g/mol. The molecule has 1 aliphatic heterocycles. The van der Waals surface area contributed by atoms with Crippen LogP contribution in [-0.4, -0.2) is 41.4 Å². The molecule has 5 nitrogen and oxygen atoms in total. The van der Waals surface area contributed by atoms with E-state index in [4.69, 9.17) is 0 Å². The highest BCUT2D eigenvalue weighted by Crippen LogP contribution is 2.40. The van der Waals surface area contributed by atoms with E-state index < -0.39 is 41.3 Å². The van der Waals surface area contributed by atoms with Gasteiger partial charge in [0.15, 0.2) is 0 Å². The number of likely N-dealkylation sites (tertiary alicyclic amines) is 1. The minimum absolute atomic E-state index is 0.0218. The SMILES string of the molecule is Cc1ccc(NC(=O)[C@H]2CCCN(C(=O)c3c(C)cccc3F)[C@H]2C2CCC(NC3CCCC3)CC2)cc1C(F)(F)F. The number of hydrogen-bond acceptors (Lipinski definition) is 3. The molecule has 5 rings (SSSR count). The van der Waals surface area contributed by atoms with Crippen LogP contribution in [0.15, 0.2) is 36.4 Å². The summed E-state index contributed by atoms with van der Waals surface area (Å²) in [4.78, 5) is 29.4. The van der Waals surface area contributed by atoms with Crippen LogP contribution in [0.1, 0.15) is 91.3 Å². The number of anilines is 1. The smallest absolute Gasteiger partial charge is 0.334 e. The number of carbonyl (C=O) groups is 2. The number of aryl methyl sites for hydroxylation is 2. The molecule has 0 radical (unpaired) electrons. The van der Waals surface area contributed by atoms with Crippen molar-refractivity contribution in [3.63, 3.8) is 0 Å². The van der Waals surface area contributed by atoms with Crippen LogP contribution < -0.4 is 10.6 Å². The maximum absolute atomic E-state index is 15.0. The first-order valence-electron chi connectivity index (χ1n) is 15.3. The van der Waals surface area contributed by atoms with Gasteiger partial charge in [-0.1, -0.05) is 31.0 Å². The summed E-state index contributed by atoms with van der Waals surface area (Å²) < 4.78 is 55.6. The van der Waals surface area contributed by atoms with Crippen LogP contribution in [0.3, 0.4) is 0 Å². The Kier molecular flexibility index (Phi) is 9.26. The molecule has 2 atom stereocenters. The number of nitrogens with one attached hydrogen (secondary N) is 2. The predicted octanol–water partition coefficient (Wildman–Crippen LogP) is 7.41. The normalized spacial score (nSPS) is 25.4. The molecule has 2 N–H and O–H groups in total. The highest BCUT2D eigenvalue weighted by atomic mass is 19.4. The average Bonchev–Trinajstić information content (AvgIpc) is 3.46. The third kappa shape index (κ3) is 6.66. The van der Waals surface area contributed by atoms with Crippen molar-refractivity contribution in [3.05, 3.63) is 64.5 Å². The summed E-state index contributed by atoms with van der Waals surface area (Å²) in [6.07, 6.45) is 4.93. The number of hydrogen-bond donors (Lipinski definition) is 2. The lowest BCUT2D eigenvalue weighted by Gasteiger charge is -2.47. The summed E-state index contributed by atoms with van der Waals surface area (Å²) in [7, 11) is 0. The Morgan fingerprint density at radius 3 is 2.21 bits per heavy atom. The van der Waals surface area contributed by atoms with E-state index in [1.54, 1.807) is 24.0 Å². The van der Waals surface area contributed by atoms with Gasteiger partial charge < -0.3 is 15.5 Å². The largest absolute Gasteiger partial charge is 0.416 e. The molecule has 2 aromatic carbocycles. The van der Waals surface area contributed by atoms with E-state index in [9.17, 15) is 27.2 Å². The zero-order valence-electron chi connectivity index (χ0n) is 24.4. The third-order valence-corrected chi connectivity index (χ3v) is 9.61. The van der Waals surface area contributed by atoms with E-state index in [1.165, 1.54) is 50.8 Å². The van der Waals surface area contributed by atoms with Crippen molar-refractivity contribution in [2.24, 2.45) is 11.8 Å². The number of halogens is 4. The molecule has 42 heavy (non-hydrogen) atoms. The lowest BCUT2D eigenvalue weighted by atomic mass is 9.73. The maximum atomic E-state index is 15.0. The fourth-order valence-electron chi connectivity index (χ4n) is 7.46. The molecule has 228 valence electrons. The zero-order chi connectivity index (χ0) is 30.0. The molecule has 9 heteroatoms. The first-order valence-corrected chi connectivity index (χ1v) is 15.3. The van der Waals surface area contributed by atoms with Crippen LogP contribution in [0, 0.1) is 31.5 Å². The van der Waals surface area contributed by atoms with Gasteiger partial charge in [-0.15, -0.1) is 0 Å². The van der Waals surface area contributed by atoms with Crippen molar-refractivity contribution in [2.45, 2.75) is 102 Å². The molecule has 0 spiro atoms. The summed E-state index contributed by atoms with van der Waals surface area (Å²) in [6, 6.07) is 8.83. The van der Waals surface area contributed by atoms with E-state index in [-0.39, 0.29) is 22.7 Å². The van der Waals surface area contributed by atoms with Gasteiger partial charge in [-0.2, -0.15) is 13.2 Å². The molecule has 3 aliphatic rings. The van der Waals surface area contributed by atoms with Gasteiger partial charge in [0.2, 0.25) is 5.91 Å². The Hall–Kier alpha value is -2.94. The first kappa shape index (κ1) is 30.5. The van der Waals surface area contributed by atoms with E-state index in [0.717, 1.165) is 31.7 Å². The summed E-state index contributed by atoms with van der Waals surface area (Å²) in [6.45, 7) is 3.50. The number of amides is 2. The molecular formula is C33H41F4N3O2. The van der Waals surface area contributed by atoms with Gasteiger partial charge in [0.25, 0.3) is 5.91 Å². The summed E-state index contributed by atoms with van der Waals surface area (Å²) in [5.41, 5.74) is -0.0753. The quantitative estimate of drug-likeness (QED) is 0.346. The molecule has 0 bridgehead atoms. The van der Waals surface area contributed by atoms with Crippen LogP contribution in [0.25, 0.3) is 0 Å². The number of carbonyl (C=O) groups excluding carboxylic acids is 2. The Labute approximate surface area is 245 Å². The van der Waals surface area contributed by atoms with Gasteiger partial charge in [-0.05, 0) is 100 Å². The topological polar surface area (TPSA) is 61.4 Å². The van der Waals surface area contributed by atoms with Gasteiger partial charge in [-0.25, -0.2) is 4.39 Å². The van der Waals surface area contributed by atoms with Crippen LogP contribution in [0.4, 0.5) is 23.2 Å². The van der Waals surface area contributed by atoms with Crippen LogP contribution in [0.5, 0.6) is 0 Å². The van der Waals surface area contributed by atoms with E-state index in [1.807, 2.05) is 0 Å². The molecule has 2 aliphatic carbocycles. The molecule has 3 fully saturated rings. The fraction of sp³-hybridized carbons (Fsp3) is 0.576.